The second kappa shape index (κ2) is 9.83. The number of guanidine groups is 1. The Morgan fingerprint density at radius 1 is 1.45 bits per heavy atom. The van der Waals surface area contributed by atoms with Crippen LogP contribution in [-0.4, -0.2) is 25.8 Å². The number of nitrogens with one attached hydrogen (secondary N) is 1. The third kappa shape index (κ3) is 5.60. The molecule has 3 N–H and O–H groups in total. The minimum Gasteiger partial charge on any atom is -0.467 e. The van der Waals surface area contributed by atoms with Crippen LogP contribution in [0.3, 0.4) is 0 Å². The van der Waals surface area contributed by atoms with Gasteiger partial charge in [0.15, 0.2) is 12.8 Å². The molecule has 1 aliphatic heterocycles. The number of hydrogen-bond acceptors (Lipinski definition) is 3. The lowest BCUT2D eigenvalue weighted by Gasteiger charge is -2.21. The zero-order valence-electron chi connectivity index (χ0n) is 12.7. The largest absolute Gasteiger partial charge is 0.467 e. The maximum atomic E-state index is 13.6. The van der Waals surface area contributed by atoms with Gasteiger partial charge in [0.2, 0.25) is 0 Å². The fourth-order valence-electron chi connectivity index (χ4n) is 2.18. The predicted octanol–water partition coefficient (Wildman–Crippen LogP) is 2.56. The first-order chi connectivity index (χ1) is 10.2. The van der Waals surface area contributed by atoms with Crippen molar-refractivity contribution in [1.82, 2.24) is 5.32 Å². The van der Waals surface area contributed by atoms with Crippen molar-refractivity contribution in [2.45, 2.75) is 32.8 Å². The number of aliphatic imine (C=N–C) groups is 1. The van der Waals surface area contributed by atoms with E-state index in [-0.39, 0.29) is 36.6 Å². The molecule has 0 unspecified atom stereocenters. The predicted molar refractivity (Wildman–Crippen MR) is 95.2 cm³/mol. The Kier molecular flexibility index (Phi) is 8.47. The highest BCUT2D eigenvalue weighted by molar-refractivity contribution is 14.0. The normalized spacial score (nSPS) is 13.8. The van der Waals surface area contributed by atoms with E-state index in [1.54, 1.807) is 0 Å². The zero-order valence-corrected chi connectivity index (χ0v) is 15.1. The van der Waals surface area contributed by atoms with Crippen molar-refractivity contribution < 1.29 is 13.9 Å². The van der Waals surface area contributed by atoms with Crippen molar-refractivity contribution in [2.75, 3.05) is 19.9 Å². The summed E-state index contributed by atoms with van der Waals surface area (Å²) in [6, 6.07) is 2.95. The van der Waals surface area contributed by atoms with Crippen LogP contribution in [0, 0.1) is 5.82 Å². The van der Waals surface area contributed by atoms with Gasteiger partial charge in [0.1, 0.15) is 11.6 Å². The molecule has 7 heteroatoms. The molecule has 1 aromatic carbocycles. The molecule has 0 atom stereocenters. The molecule has 0 bridgehead atoms. The van der Waals surface area contributed by atoms with E-state index in [1.807, 2.05) is 0 Å². The molecule has 5 nitrogen and oxygen atoms in total. The number of nitrogens with two attached hydrogens (primary N) is 1. The molecule has 0 aromatic heterocycles. The summed E-state index contributed by atoms with van der Waals surface area (Å²) >= 11 is 0. The van der Waals surface area contributed by atoms with Crippen molar-refractivity contribution in [1.29, 1.82) is 0 Å². The van der Waals surface area contributed by atoms with Crippen LogP contribution in [0.5, 0.6) is 5.75 Å². The van der Waals surface area contributed by atoms with Gasteiger partial charge in [-0.15, -0.1) is 24.0 Å². The second-order valence-corrected chi connectivity index (χ2v) is 4.96. The number of halogens is 2. The number of benzene rings is 1. The SMILES string of the molecule is CCCCN=C(N)NCCc1cc(F)cc2c1OCOC2.I. The molecule has 0 amide bonds. The Morgan fingerprint density at radius 2 is 2.27 bits per heavy atom. The molecule has 0 fully saturated rings. The van der Waals surface area contributed by atoms with Gasteiger partial charge in [0.05, 0.1) is 6.61 Å². The van der Waals surface area contributed by atoms with Gasteiger partial charge in [-0.1, -0.05) is 13.3 Å². The quantitative estimate of drug-likeness (QED) is 0.320. The van der Waals surface area contributed by atoms with E-state index in [0.717, 1.165) is 36.3 Å². The van der Waals surface area contributed by atoms with Gasteiger partial charge < -0.3 is 20.5 Å². The number of fused-ring (bicyclic) bond motifs is 1. The number of unbranched alkanes of at least 4 members (excludes halogenated alkanes) is 1. The molecular formula is C15H23FIN3O2. The van der Waals surface area contributed by atoms with Crippen LogP contribution >= 0.6 is 24.0 Å². The Bertz CT molecular complexity index is 512. The van der Waals surface area contributed by atoms with Gasteiger partial charge >= 0.3 is 0 Å². The smallest absolute Gasteiger partial charge is 0.189 e. The summed E-state index contributed by atoms with van der Waals surface area (Å²) in [5.41, 5.74) is 7.33. The summed E-state index contributed by atoms with van der Waals surface area (Å²) in [6.07, 6.45) is 2.73. The van der Waals surface area contributed by atoms with Crippen LogP contribution in [-0.2, 0) is 17.8 Å². The van der Waals surface area contributed by atoms with Crippen molar-refractivity contribution in [2.24, 2.45) is 10.7 Å². The third-order valence-electron chi connectivity index (χ3n) is 3.25. The average Bonchev–Trinajstić information content (AvgIpc) is 2.47. The van der Waals surface area contributed by atoms with E-state index in [2.05, 4.69) is 17.2 Å². The highest BCUT2D eigenvalue weighted by Crippen LogP contribution is 2.29. The van der Waals surface area contributed by atoms with E-state index in [0.29, 0.717) is 25.5 Å². The van der Waals surface area contributed by atoms with Crippen molar-refractivity contribution in [3.8, 4) is 5.75 Å². The highest BCUT2D eigenvalue weighted by atomic mass is 127. The molecule has 124 valence electrons. The second-order valence-electron chi connectivity index (χ2n) is 4.96. The molecule has 0 spiro atoms. The lowest BCUT2D eigenvalue weighted by molar-refractivity contribution is -0.0172. The van der Waals surface area contributed by atoms with E-state index >= 15 is 0 Å². The average molecular weight is 423 g/mol. The van der Waals surface area contributed by atoms with Crippen LogP contribution in [0.25, 0.3) is 0 Å². The fourth-order valence-corrected chi connectivity index (χ4v) is 2.18. The van der Waals surface area contributed by atoms with Gasteiger partial charge in [-0.2, -0.15) is 0 Å². The Hall–Kier alpha value is -1.09. The van der Waals surface area contributed by atoms with Crippen molar-refractivity contribution in [3.63, 3.8) is 0 Å². The minimum atomic E-state index is -0.276. The minimum absolute atomic E-state index is 0. The van der Waals surface area contributed by atoms with Crippen molar-refractivity contribution >= 4 is 29.9 Å². The van der Waals surface area contributed by atoms with E-state index in [9.17, 15) is 4.39 Å². The summed E-state index contributed by atoms with van der Waals surface area (Å²) < 4.78 is 24.2. The number of rotatable bonds is 6. The zero-order chi connectivity index (χ0) is 15.1. The maximum absolute atomic E-state index is 13.6. The van der Waals surface area contributed by atoms with Crippen LogP contribution in [0.15, 0.2) is 17.1 Å². The molecule has 1 aliphatic rings. The maximum Gasteiger partial charge on any atom is 0.189 e. The molecule has 0 aliphatic carbocycles. The molecule has 0 saturated carbocycles. The first-order valence-electron chi connectivity index (χ1n) is 7.26. The summed E-state index contributed by atoms with van der Waals surface area (Å²) in [5.74, 6) is 0.881. The summed E-state index contributed by atoms with van der Waals surface area (Å²) in [5, 5.41) is 3.03. The summed E-state index contributed by atoms with van der Waals surface area (Å²) in [6.45, 7) is 4.01. The molecular weight excluding hydrogens is 400 g/mol. The molecule has 1 heterocycles. The lowest BCUT2D eigenvalue weighted by Crippen LogP contribution is -2.33. The first kappa shape index (κ1) is 19.0. The monoisotopic (exact) mass is 423 g/mol. The summed E-state index contributed by atoms with van der Waals surface area (Å²) in [7, 11) is 0. The van der Waals surface area contributed by atoms with Crippen LogP contribution in [0.2, 0.25) is 0 Å². The molecule has 0 saturated heterocycles. The van der Waals surface area contributed by atoms with Crippen molar-refractivity contribution in [3.05, 3.63) is 29.1 Å². The van der Waals surface area contributed by atoms with E-state index in [4.69, 9.17) is 15.2 Å². The molecule has 22 heavy (non-hydrogen) atoms. The first-order valence-corrected chi connectivity index (χ1v) is 7.26. The Balaban J connectivity index is 0.00000242. The van der Waals surface area contributed by atoms with Crippen LogP contribution in [0.1, 0.15) is 30.9 Å². The number of hydrogen-bond donors (Lipinski definition) is 2. The summed E-state index contributed by atoms with van der Waals surface area (Å²) in [4.78, 5) is 4.21. The standard InChI is InChI=1S/C15H22FN3O2.HI/c1-2-3-5-18-15(17)19-6-4-11-7-13(16)8-12-9-20-10-21-14(11)12;/h7-8H,2-6,9-10H2,1H3,(H3,17,18,19);1H. The fraction of sp³-hybridized carbons (Fsp3) is 0.533. The molecule has 1 aromatic rings. The van der Waals surface area contributed by atoms with Gasteiger partial charge in [0.25, 0.3) is 0 Å². The van der Waals surface area contributed by atoms with Gasteiger partial charge in [-0.05, 0) is 30.5 Å². The van der Waals surface area contributed by atoms with E-state index < -0.39 is 0 Å². The number of nitrogens with zero attached hydrogens (tertiary/aromatic N) is 1. The van der Waals surface area contributed by atoms with Crippen LogP contribution in [0.4, 0.5) is 4.39 Å². The lowest BCUT2D eigenvalue weighted by atomic mass is 10.1. The molecule has 2 rings (SSSR count). The topological polar surface area (TPSA) is 68.9 Å². The van der Waals surface area contributed by atoms with Gasteiger partial charge in [0, 0.05) is 18.7 Å². The van der Waals surface area contributed by atoms with Crippen LogP contribution < -0.4 is 15.8 Å². The van der Waals surface area contributed by atoms with Gasteiger partial charge in [-0.25, -0.2) is 4.39 Å². The number of ether oxygens (including phenoxy) is 2. The third-order valence-corrected chi connectivity index (χ3v) is 3.25. The Labute approximate surface area is 147 Å². The van der Waals surface area contributed by atoms with E-state index in [1.165, 1.54) is 12.1 Å². The molecule has 0 radical (unpaired) electrons. The highest BCUT2D eigenvalue weighted by Gasteiger charge is 2.16. The Morgan fingerprint density at radius 3 is 3.05 bits per heavy atom. The van der Waals surface area contributed by atoms with Gasteiger partial charge in [-0.3, -0.25) is 4.99 Å².